The first-order chi connectivity index (χ1) is 7.34. The second kappa shape index (κ2) is 7.87. The van der Waals surface area contributed by atoms with Gasteiger partial charge in [0.15, 0.2) is 5.78 Å². The summed E-state index contributed by atoms with van der Waals surface area (Å²) < 4.78 is 5.20. The molecule has 0 spiro atoms. The number of thioether (sulfide) groups is 1. The van der Waals surface area contributed by atoms with E-state index < -0.39 is 0 Å². The van der Waals surface area contributed by atoms with E-state index in [4.69, 9.17) is 10.5 Å². The van der Waals surface area contributed by atoms with Gasteiger partial charge in [0.1, 0.15) is 0 Å². The Bertz CT molecular complexity index is 275. The molecule has 1 aromatic rings. The normalized spacial score (nSPS) is 10.5. The molecule has 0 fully saturated rings. The van der Waals surface area contributed by atoms with E-state index in [0.29, 0.717) is 25.5 Å². The maximum atomic E-state index is 11.5. The molecule has 0 radical (unpaired) electrons. The van der Waals surface area contributed by atoms with Crippen LogP contribution in [-0.4, -0.2) is 37.0 Å². The lowest BCUT2D eigenvalue weighted by Crippen LogP contribution is -2.10. The summed E-state index contributed by atoms with van der Waals surface area (Å²) in [4.78, 5) is 12.4. The van der Waals surface area contributed by atoms with Crippen molar-refractivity contribution < 1.29 is 9.53 Å². The third kappa shape index (κ3) is 5.32. The summed E-state index contributed by atoms with van der Waals surface area (Å²) in [5.74, 6) is 1.58. The van der Waals surface area contributed by atoms with Gasteiger partial charge in [0.2, 0.25) is 0 Å². The van der Waals surface area contributed by atoms with Crippen molar-refractivity contribution in [3.05, 3.63) is 22.4 Å². The number of hydrogen-bond donors (Lipinski definition) is 1. The van der Waals surface area contributed by atoms with Crippen LogP contribution in [0, 0.1) is 0 Å². The van der Waals surface area contributed by atoms with Gasteiger partial charge in [0, 0.05) is 12.3 Å². The lowest BCUT2D eigenvalue weighted by atomic mass is 10.4. The minimum absolute atomic E-state index is 0.203. The number of ketones is 1. The Morgan fingerprint density at radius 1 is 1.53 bits per heavy atom. The lowest BCUT2D eigenvalue weighted by molar-refractivity contribution is 0.102. The van der Waals surface area contributed by atoms with Crippen LogP contribution < -0.4 is 5.73 Å². The van der Waals surface area contributed by atoms with Crippen molar-refractivity contribution in [2.75, 3.05) is 31.3 Å². The molecule has 1 aromatic heterocycles. The third-order valence-corrected chi connectivity index (χ3v) is 3.50. The molecular formula is C10H15NO2S2. The summed E-state index contributed by atoms with van der Waals surface area (Å²) in [6.45, 7) is 1.82. The topological polar surface area (TPSA) is 52.3 Å². The monoisotopic (exact) mass is 245 g/mol. The summed E-state index contributed by atoms with van der Waals surface area (Å²) in [6, 6.07) is 3.76. The van der Waals surface area contributed by atoms with Gasteiger partial charge in [-0.2, -0.15) is 11.8 Å². The van der Waals surface area contributed by atoms with Gasteiger partial charge in [-0.15, -0.1) is 11.3 Å². The number of thiophene rings is 1. The molecule has 3 nitrogen and oxygen atoms in total. The molecule has 0 saturated carbocycles. The molecular weight excluding hydrogens is 230 g/mol. The third-order valence-electron chi connectivity index (χ3n) is 1.66. The number of carbonyl (C=O) groups excluding carboxylic acids is 1. The highest BCUT2D eigenvalue weighted by Gasteiger charge is 2.05. The highest BCUT2D eigenvalue weighted by Crippen LogP contribution is 2.12. The second-order valence-corrected chi connectivity index (χ2v) is 4.91. The molecule has 1 rings (SSSR count). The van der Waals surface area contributed by atoms with Gasteiger partial charge in [-0.1, -0.05) is 6.07 Å². The summed E-state index contributed by atoms with van der Waals surface area (Å²) in [6.07, 6.45) is 0. The van der Waals surface area contributed by atoms with Gasteiger partial charge in [-0.25, -0.2) is 0 Å². The quantitative estimate of drug-likeness (QED) is 0.559. The van der Waals surface area contributed by atoms with Crippen LogP contribution in [0.2, 0.25) is 0 Å². The lowest BCUT2D eigenvalue weighted by Gasteiger charge is -2.01. The number of ether oxygens (including phenoxy) is 1. The predicted octanol–water partition coefficient (Wildman–Crippen LogP) is 1.64. The molecule has 5 heteroatoms. The Balaban J connectivity index is 2.03. The number of nitrogens with two attached hydrogens (primary N) is 1. The van der Waals surface area contributed by atoms with E-state index in [1.54, 1.807) is 11.8 Å². The van der Waals surface area contributed by atoms with E-state index in [1.165, 1.54) is 11.3 Å². The summed E-state index contributed by atoms with van der Waals surface area (Å²) >= 11 is 3.09. The van der Waals surface area contributed by atoms with E-state index in [9.17, 15) is 4.79 Å². The zero-order valence-electron chi connectivity index (χ0n) is 8.48. The van der Waals surface area contributed by atoms with E-state index in [2.05, 4.69) is 0 Å². The summed E-state index contributed by atoms with van der Waals surface area (Å²) in [5.41, 5.74) is 5.27. The average Bonchev–Trinajstić information content (AvgIpc) is 2.76. The van der Waals surface area contributed by atoms with Crippen molar-refractivity contribution in [1.29, 1.82) is 0 Å². The van der Waals surface area contributed by atoms with Crippen LogP contribution in [0.25, 0.3) is 0 Å². The van der Waals surface area contributed by atoms with Gasteiger partial charge in [0.05, 0.1) is 23.8 Å². The Hall–Kier alpha value is -0.360. The molecule has 0 unspecified atom stereocenters. The predicted molar refractivity (Wildman–Crippen MR) is 65.8 cm³/mol. The van der Waals surface area contributed by atoms with Crippen LogP contribution in [0.15, 0.2) is 17.5 Å². The number of hydrogen-bond acceptors (Lipinski definition) is 5. The van der Waals surface area contributed by atoms with Crippen LogP contribution in [0.1, 0.15) is 9.67 Å². The number of Topliss-reactive ketones (excluding diaryl/α,β-unsaturated/α-hetero) is 1. The van der Waals surface area contributed by atoms with Gasteiger partial charge >= 0.3 is 0 Å². The number of carbonyl (C=O) groups is 1. The highest BCUT2D eigenvalue weighted by molar-refractivity contribution is 8.00. The van der Waals surface area contributed by atoms with Crippen molar-refractivity contribution in [3.63, 3.8) is 0 Å². The van der Waals surface area contributed by atoms with Crippen molar-refractivity contribution in [2.45, 2.75) is 0 Å². The second-order valence-electron chi connectivity index (χ2n) is 2.85. The standard InChI is InChI=1S/C10H15NO2S2/c11-3-4-13-5-7-14-8-9(12)10-2-1-6-15-10/h1-2,6H,3-5,7-8,11H2. The zero-order chi connectivity index (χ0) is 10.9. The van der Waals surface area contributed by atoms with E-state index in [1.807, 2.05) is 17.5 Å². The van der Waals surface area contributed by atoms with Crippen LogP contribution in [0.3, 0.4) is 0 Å². The van der Waals surface area contributed by atoms with Crippen molar-refractivity contribution >= 4 is 28.9 Å². The largest absolute Gasteiger partial charge is 0.379 e. The molecule has 2 N–H and O–H groups in total. The van der Waals surface area contributed by atoms with Gasteiger partial charge in [0.25, 0.3) is 0 Å². The highest BCUT2D eigenvalue weighted by atomic mass is 32.2. The van der Waals surface area contributed by atoms with Crippen LogP contribution in [0.5, 0.6) is 0 Å². The molecule has 0 aliphatic rings. The molecule has 1 heterocycles. The smallest absolute Gasteiger partial charge is 0.182 e. The molecule has 0 aliphatic carbocycles. The molecule has 0 atom stereocenters. The Kier molecular flexibility index (Phi) is 6.67. The fourth-order valence-electron chi connectivity index (χ4n) is 0.976. The Morgan fingerprint density at radius 2 is 2.40 bits per heavy atom. The fraction of sp³-hybridized carbons (Fsp3) is 0.500. The first-order valence-corrected chi connectivity index (χ1v) is 6.80. The van der Waals surface area contributed by atoms with Crippen LogP contribution in [0.4, 0.5) is 0 Å². The molecule has 15 heavy (non-hydrogen) atoms. The minimum atomic E-state index is 0.203. The summed E-state index contributed by atoms with van der Waals surface area (Å²) in [7, 11) is 0. The minimum Gasteiger partial charge on any atom is -0.379 e. The van der Waals surface area contributed by atoms with Gasteiger partial charge in [-0.05, 0) is 11.4 Å². The SMILES string of the molecule is NCCOCCSCC(=O)c1cccs1. The van der Waals surface area contributed by atoms with Crippen LogP contribution in [-0.2, 0) is 4.74 Å². The van der Waals surface area contributed by atoms with E-state index in [-0.39, 0.29) is 5.78 Å². The van der Waals surface area contributed by atoms with Crippen LogP contribution >= 0.6 is 23.1 Å². The molecule has 0 aromatic carbocycles. The molecule has 0 bridgehead atoms. The van der Waals surface area contributed by atoms with Gasteiger partial charge < -0.3 is 10.5 Å². The molecule has 84 valence electrons. The Labute approximate surface area is 98.0 Å². The molecule has 0 aliphatic heterocycles. The first kappa shape index (κ1) is 12.7. The van der Waals surface area contributed by atoms with Crippen molar-refractivity contribution in [1.82, 2.24) is 0 Å². The van der Waals surface area contributed by atoms with Crippen molar-refractivity contribution in [2.24, 2.45) is 5.73 Å². The maximum absolute atomic E-state index is 11.5. The summed E-state index contributed by atoms with van der Waals surface area (Å²) in [5, 5.41) is 1.92. The average molecular weight is 245 g/mol. The fourth-order valence-corrected chi connectivity index (χ4v) is 2.45. The first-order valence-electron chi connectivity index (χ1n) is 4.77. The maximum Gasteiger partial charge on any atom is 0.182 e. The number of rotatable bonds is 8. The van der Waals surface area contributed by atoms with Gasteiger partial charge in [-0.3, -0.25) is 4.79 Å². The zero-order valence-corrected chi connectivity index (χ0v) is 10.1. The molecule has 0 amide bonds. The van der Waals surface area contributed by atoms with E-state index in [0.717, 1.165) is 10.6 Å². The van der Waals surface area contributed by atoms with Crippen molar-refractivity contribution in [3.8, 4) is 0 Å². The van der Waals surface area contributed by atoms with E-state index >= 15 is 0 Å². The molecule has 0 saturated heterocycles. The Morgan fingerprint density at radius 3 is 3.07 bits per heavy atom.